The number of phenolic OH excluding ortho intramolecular Hbond substituents is 1. The van der Waals surface area contributed by atoms with Crippen LogP contribution in [0.4, 0.5) is 5.69 Å². The van der Waals surface area contributed by atoms with Crippen LogP contribution in [-0.4, -0.2) is 11.0 Å². The molecule has 0 heterocycles. The van der Waals surface area contributed by atoms with E-state index in [9.17, 15) is 4.79 Å². The Kier molecular flexibility index (Phi) is 3.48. The predicted molar refractivity (Wildman–Crippen MR) is 70.4 cm³/mol. The Balaban J connectivity index is 1.97. The van der Waals surface area contributed by atoms with Crippen molar-refractivity contribution in [2.45, 2.75) is 6.54 Å². The van der Waals surface area contributed by atoms with Crippen molar-refractivity contribution in [1.82, 2.24) is 0 Å². The smallest absolute Gasteiger partial charge is 0.248 e. The SMILES string of the molecule is NC(=O)c1ccc(CNc2ccc(O)cc2)cc1. The number of carbonyl (C=O) groups is 1. The summed E-state index contributed by atoms with van der Waals surface area (Å²) in [7, 11) is 0. The van der Waals surface area contributed by atoms with E-state index in [0.717, 1.165) is 11.3 Å². The van der Waals surface area contributed by atoms with Gasteiger partial charge in [-0.2, -0.15) is 0 Å². The molecule has 0 unspecified atom stereocenters. The summed E-state index contributed by atoms with van der Waals surface area (Å²) in [5.74, 6) is -0.181. The van der Waals surface area contributed by atoms with Gasteiger partial charge in [-0.25, -0.2) is 0 Å². The highest BCUT2D eigenvalue weighted by Crippen LogP contribution is 2.14. The molecule has 0 aliphatic carbocycles. The Morgan fingerprint density at radius 1 is 1.06 bits per heavy atom. The van der Waals surface area contributed by atoms with Crippen LogP contribution in [0.15, 0.2) is 48.5 Å². The van der Waals surface area contributed by atoms with Gasteiger partial charge in [0.05, 0.1) is 0 Å². The zero-order chi connectivity index (χ0) is 13.0. The normalized spacial score (nSPS) is 10.0. The van der Waals surface area contributed by atoms with Crippen molar-refractivity contribution in [3.05, 3.63) is 59.7 Å². The van der Waals surface area contributed by atoms with Crippen molar-refractivity contribution < 1.29 is 9.90 Å². The highest BCUT2D eigenvalue weighted by molar-refractivity contribution is 5.92. The highest BCUT2D eigenvalue weighted by atomic mass is 16.3. The monoisotopic (exact) mass is 242 g/mol. The number of hydrogen-bond acceptors (Lipinski definition) is 3. The topological polar surface area (TPSA) is 75.4 Å². The first-order valence-corrected chi connectivity index (χ1v) is 5.57. The first-order valence-electron chi connectivity index (χ1n) is 5.57. The number of aromatic hydroxyl groups is 1. The van der Waals surface area contributed by atoms with E-state index < -0.39 is 5.91 Å². The number of phenols is 1. The number of amides is 1. The molecule has 0 atom stereocenters. The first-order chi connectivity index (χ1) is 8.65. The van der Waals surface area contributed by atoms with Gasteiger partial charge in [0.1, 0.15) is 5.75 Å². The number of hydrogen-bond donors (Lipinski definition) is 3. The lowest BCUT2D eigenvalue weighted by molar-refractivity contribution is 0.100. The fourth-order valence-electron chi connectivity index (χ4n) is 1.57. The fourth-order valence-corrected chi connectivity index (χ4v) is 1.57. The van der Waals surface area contributed by atoms with Crippen LogP contribution >= 0.6 is 0 Å². The van der Waals surface area contributed by atoms with Crippen LogP contribution in [0.5, 0.6) is 5.75 Å². The third kappa shape index (κ3) is 3.01. The maximum atomic E-state index is 10.9. The zero-order valence-corrected chi connectivity index (χ0v) is 9.76. The van der Waals surface area contributed by atoms with E-state index >= 15 is 0 Å². The van der Waals surface area contributed by atoms with Gasteiger partial charge in [-0.15, -0.1) is 0 Å². The molecule has 2 aromatic carbocycles. The molecule has 18 heavy (non-hydrogen) atoms. The molecule has 4 N–H and O–H groups in total. The van der Waals surface area contributed by atoms with E-state index in [1.165, 1.54) is 0 Å². The molecule has 92 valence electrons. The second kappa shape index (κ2) is 5.23. The number of nitrogens with two attached hydrogens (primary N) is 1. The minimum Gasteiger partial charge on any atom is -0.508 e. The standard InChI is InChI=1S/C14H14N2O2/c15-14(18)11-3-1-10(2-4-11)9-16-12-5-7-13(17)8-6-12/h1-8,16-17H,9H2,(H2,15,18). The van der Waals surface area contributed by atoms with Gasteiger partial charge in [0.2, 0.25) is 5.91 Å². The summed E-state index contributed by atoms with van der Waals surface area (Å²) in [6, 6.07) is 14.0. The van der Waals surface area contributed by atoms with E-state index in [-0.39, 0.29) is 5.75 Å². The minimum absolute atomic E-state index is 0.242. The van der Waals surface area contributed by atoms with E-state index in [0.29, 0.717) is 12.1 Å². The van der Waals surface area contributed by atoms with Crippen LogP contribution in [-0.2, 0) is 6.54 Å². The van der Waals surface area contributed by atoms with Crippen molar-refractivity contribution in [2.24, 2.45) is 5.73 Å². The minimum atomic E-state index is -0.423. The second-order valence-corrected chi connectivity index (χ2v) is 3.96. The van der Waals surface area contributed by atoms with Crippen LogP contribution in [0.3, 0.4) is 0 Å². The van der Waals surface area contributed by atoms with Crippen LogP contribution in [0.1, 0.15) is 15.9 Å². The number of primary amides is 1. The fraction of sp³-hybridized carbons (Fsp3) is 0.0714. The van der Waals surface area contributed by atoms with Gasteiger partial charge in [0.15, 0.2) is 0 Å². The van der Waals surface area contributed by atoms with Gasteiger partial charge >= 0.3 is 0 Å². The molecule has 0 radical (unpaired) electrons. The summed E-state index contributed by atoms with van der Waals surface area (Å²) in [6.45, 7) is 0.643. The maximum absolute atomic E-state index is 10.9. The summed E-state index contributed by atoms with van der Waals surface area (Å²) < 4.78 is 0. The molecule has 0 spiro atoms. The Bertz CT molecular complexity index is 533. The largest absolute Gasteiger partial charge is 0.508 e. The van der Waals surface area contributed by atoms with E-state index in [1.807, 2.05) is 12.1 Å². The van der Waals surface area contributed by atoms with Crippen molar-refractivity contribution in [1.29, 1.82) is 0 Å². The maximum Gasteiger partial charge on any atom is 0.248 e. The lowest BCUT2D eigenvalue weighted by atomic mass is 10.1. The van der Waals surface area contributed by atoms with Crippen molar-refractivity contribution >= 4 is 11.6 Å². The van der Waals surface area contributed by atoms with Gasteiger partial charge < -0.3 is 16.2 Å². The average Bonchev–Trinajstić information content (AvgIpc) is 2.38. The number of nitrogens with one attached hydrogen (secondary N) is 1. The van der Waals surface area contributed by atoms with Gasteiger partial charge in [-0.1, -0.05) is 12.1 Å². The van der Waals surface area contributed by atoms with Crippen LogP contribution < -0.4 is 11.1 Å². The number of carbonyl (C=O) groups excluding carboxylic acids is 1. The first kappa shape index (κ1) is 12.0. The van der Waals surface area contributed by atoms with Gasteiger partial charge in [0, 0.05) is 17.8 Å². The van der Waals surface area contributed by atoms with Crippen LogP contribution in [0.25, 0.3) is 0 Å². The summed E-state index contributed by atoms with van der Waals surface area (Å²) in [5, 5.41) is 12.4. The lowest BCUT2D eigenvalue weighted by Gasteiger charge is -2.07. The van der Waals surface area contributed by atoms with E-state index in [1.54, 1.807) is 36.4 Å². The van der Waals surface area contributed by atoms with Crippen molar-refractivity contribution in [3.8, 4) is 5.75 Å². The molecule has 0 fully saturated rings. The molecule has 0 saturated heterocycles. The molecular formula is C14H14N2O2. The van der Waals surface area contributed by atoms with Crippen LogP contribution in [0.2, 0.25) is 0 Å². The highest BCUT2D eigenvalue weighted by Gasteiger charge is 1.99. The number of rotatable bonds is 4. The van der Waals surface area contributed by atoms with Crippen molar-refractivity contribution in [2.75, 3.05) is 5.32 Å². The molecule has 4 nitrogen and oxygen atoms in total. The summed E-state index contributed by atoms with van der Waals surface area (Å²) in [4.78, 5) is 10.9. The van der Waals surface area contributed by atoms with E-state index in [2.05, 4.69) is 5.32 Å². The van der Waals surface area contributed by atoms with Crippen molar-refractivity contribution in [3.63, 3.8) is 0 Å². The molecule has 2 rings (SSSR count). The van der Waals surface area contributed by atoms with Gasteiger partial charge in [0.25, 0.3) is 0 Å². The van der Waals surface area contributed by atoms with Gasteiger partial charge in [-0.05, 0) is 42.0 Å². The third-order valence-corrected chi connectivity index (χ3v) is 2.60. The molecule has 1 amide bonds. The molecule has 0 bridgehead atoms. The van der Waals surface area contributed by atoms with E-state index in [4.69, 9.17) is 10.8 Å². The summed E-state index contributed by atoms with van der Waals surface area (Å²) in [5.41, 5.74) is 7.64. The third-order valence-electron chi connectivity index (χ3n) is 2.60. The van der Waals surface area contributed by atoms with Gasteiger partial charge in [-0.3, -0.25) is 4.79 Å². The van der Waals surface area contributed by atoms with Crippen LogP contribution in [0, 0.1) is 0 Å². The predicted octanol–water partition coefficient (Wildman–Crippen LogP) is 2.10. The molecule has 0 aliphatic rings. The molecule has 0 aromatic heterocycles. The lowest BCUT2D eigenvalue weighted by Crippen LogP contribution is -2.10. The molecular weight excluding hydrogens is 228 g/mol. The summed E-state index contributed by atoms with van der Waals surface area (Å²) in [6.07, 6.45) is 0. The Hall–Kier alpha value is -2.49. The Morgan fingerprint density at radius 2 is 1.67 bits per heavy atom. The average molecular weight is 242 g/mol. The molecule has 0 aliphatic heterocycles. The quantitative estimate of drug-likeness (QED) is 0.719. The number of benzene rings is 2. The molecule has 4 heteroatoms. The summed E-state index contributed by atoms with van der Waals surface area (Å²) >= 11 is 0. The zero-order valence-electron chi connectivity index (χ0n) is 9.76. The molecule has 2 aromatic rings. The Labute approximate surface area is 105 Å². The number of anilines is 1. The molecule has 0 saturated carbocycles. The second-order valence-electron chi connectivity index (χ2n) is 3.96. The Morgan fingerprint density at radius 3 is 2.22 bits per heavy atom.